The van der Waals surface area contributed by atoms with Crippen molar-refractivity contribution in [2.24, 2.45) is 5.92 Å². The van der Waals surface area contributed by atoms with Gasteiger partial charge in [0, 0.05) is 18.0 Å². The zero-order valence-corrected chi connectivity index (χ0v) is 13.9. The third-order valence-corrected chi connectivity index (χ3v) is 6.75. The highest BCUT2D eigenvalue weighted by Crippen LogP contribution is 2.33. The maximum absolute atomic E-state index is 12.2. The van der Waals surface area contributed by atoms with Crippen LogP contribution in [0, 0.1) is 12.8 Å². The van der Waals surface area contributed by atoms with Gasteiger partial charge in [0.15, 0.2) is 0 Å². The minimum absolute atomic E-state index is 0.439. The van der Waals surface area contributed by atoms with Crippen LogP contribution in [0.2, 0.25) is 0 Å². The molecule has 0 saturated heterocycles. The average molecular weight is 316 g/mol. The molecule has 0 aromatic carbocycles. The predicted molar refractivity (Wildman–Crippen MR) is 83.6 cm³/mol. The van der Waals surface area contributed by atoms with Crippen LogP contribution in [-0.4, -0.2) is 21.5 Å². The van der Waals surface area contributed by atoms with Gasteiger partial charge in [0.1, 0.15) is 4.21 Å². The van der Waals surface area contributed by atoms with Crippen molar-refractivity contribution in [2.75, 3.05) is 13.1 Å². The Morgan fingerprint density at radius 1 is 1.40 bits per heavy atom. The van der Waals surface area contributed by atoms with E-state index in [9.17, 15) is 8.42 Å². The monoisotopic (exact) mass is 316 g/mol. The van der Waals surface area contributed by atoms with Crippen LogP contribution >= 0.6 is 11.3 Å². The van der Waals surface area contributed by atoms with Crippen LogP contribution in [0.25, 0.3) is 0 Å². The van der Waals surface area contributed by atoms with Crippen molar-refractivity contribution >= 4 is 21.4 Å². The van der Waals surface area contributed by atoms with Crippen molar-refractivity contribution < 1.29 is 8.42 Å². The SMILES string of the molecule is CCNCc1sc(S(=O)(=O)NCCCC2CC2)cc1C. The van der Waals surface area contributed by atoms with Gasteiger partial charge < -0.3 is 5.32 Å². The molecule has 0 radical (unpaired) electrons. The molecule has 0 aliphatic heterocycles. The number of rotatable bonds is 9. The molecule has 4 nitrogen and oxygen atoms in total. The van der Waals surface area contributed by atoms with E-state index >= 15 is 0 Å². The van der Waals surface area contributed by atoms with Crippen molar-refractivity contribution in [1.29, 1.82) is 0 Å². The second-order valence-corrected chi connectivity index (χ2v) is 8.57. The summed E-state index contributed by atoms with van der Waals surface area (Å²) in [5.41, 5.74) is 1.05. The number of hydrogen-bond acceptors (Lipinski definition) is 4. The fourth-order valence-electron chi connectivity index (χ4n) is 2.11. The first-order valence-corrected chi connectivity index (χ1v) is 9.62. The summed E-state index contributed by atoms with van der Waals surface area (Å²) in [6.45, 7) is 6.19. The normalized spacial score (nSPS) is 15.7. The lowest BCUT2D eigenvalue weighted by atomic mass is 10.2. The number of thiophene rings is 1. The van der Waals surface area contributed by atoms with Crippen molar-refractivity contribution in [3.63, 3.8) is 0 Å². The summed E-state index contributed by atoms with van der Waals surface area (Å²) in [5, 5.41) is 3.24. The lowest BCUT2D eigenvalue weighted by molar-refractivity contribution is 0.574. The Morgan fingerprint density at radius 3 is 2.80 bits per heavy atom. The summed E-state index contributed by atoms with van der Waals surface area (Å²) in [7, 11) is -3.32. The highest BCUT2D eigenvalue weighted by molar-refractivity contribution is 7.91. The van der Waals surface area contributed by atoms with Gasteiger partial charge in [0.25, 0.3) is 0 Å². The molecule has 2 rings (SSSR count). The second kappa shape index (κ2) is 7.02. The Morgan fingerprint density at radius 2 is 2.15 bits per heavy atom. The van der Waals surface area contributed by atoms with Crippen molar-refractivity contribution in [2.45, 2.75) is 50.3 Å². The van der Waals surface area contributed by atoms with Crippen molar-refractivity contribution in [3.8, 4) is 0 Å². The molecule has 114 valence electrons. The Bertz CT molecular complexity index is 533. The van der Waals surface area contributed by atoms with E-state index < -0.39 is 10.0 Å². The molecule has 1 saturated carbocycles. The van der Waals surface area contributed by atoms with Crippen LogP contribution in [0.15, 0.2) is 10.3 Å². The molecule has 1 fully saturated rings. The van der Waals surface area contributed by atoms with Crippen LogP contribution < -0.4 is 10.0 Å². The molecule has 20 heavy (non-hydrogen) atoms. The summed E-state index contributed by atoms with van der Waals surface area (Å²) in [6, 6.07) is 1.78. The van der Waals surface area contributed by atoms with Crippen molar-refractivity contribution in [1.82, 2.24) is 10.0 Å². The highest BCUT2D eigenvalue weighted by atomic mass is 32.2. The van der Waals surface area contributed by atoms with Gasteiger partial charge in [-0.1, -0.05) is 19.8 Å². The molecular formula is C14H24N2O2S2. The lowest BCUT2D eigenvalue weighted by Gasteiger charge is -2.04. The highest BCUT2D eigenvalue weighted by Gasteiger charge is 2.21. The largest absolute Gasteiger partial charge is 0.312 e. The summed E-state index contributed by atoms with van der Waals surface area (Å²) in [4.78, 5) is 1.10. The van der Waals surface area contributed by atoms with E-state index in [-0.39, 0.29) is 0 Å². The van der Waals surface area contributed by atoms with E-state index in [0.29, 0.717) is 10.8 Å². The summed E-state index contributed by atoms with van der Waals surface area (Å²) in [5.74, 6) is 0.857. The van der Waals surface area contributed by atoms with Gasteiger partial charge in [-0.3, -0.25) is 0 Å². The molecule has 1 aromatic heterocycles. The van der Waals surface area contributed by atoms with Crippen LogP contribution in [-0.2, 0) is 16.6 Å². The third-order valence-electron chi connectivity index (χ3n) is 3.58. The molecule has 6 heteroatoms. The zero-order chi connectivity index (χ0) is 14.6. The fourth-order valence-corrected chi connectivity index (χ4v) is 4.79. The molecule has 2 N–H and O–H groups in total. The maximum Gasteiger partial charge on any atom is 0.250 e. The first kappa shape index (κ1) is 15.9. The van der Waals surface area contributed by atoms with E-state index in [4.69, 9.17) is 0 Å². The third kappa shape index (κ3) is 4.55. The molecule has 0 atom stereocenters. The first-order valence-electron chi connectivity index (χ1n) is 7.32. The minimum atomic E-state index is -3.32. The molecule has 1 aromatic rings. The van der Waals surface area contributed by atoms with E-state index in [2.05, 4.69) is 10.0 Å². The van der Waals surface area contributed by atoms with Crippen LogP contribution in [0.1, 0.15) is 43.0 Å². The molecule has 1 heterocycles. The predicted octanol–water partition coefficient (Wildman–Crippen LogP) is 2.63. The molecule has 1 aliphatic carbocycles. The zero-order valence-electron chi connectivity index (χ0n) is 12.2. The smallest absolute Gasteiger partial charge is 0.250 e. The quantitative estimate of drug-likeness (QED) is 0.689. The van der Waals surface area contributed by atoms with Crippen molar-refractivity contribution in [3.05, 3.63) is 16.5 Å². The number of nitrogens with one attached hydrogen (secondary N) is 2. The van der Waals surface area contributed by atoms with Crippen LogP contribution in [0.4, 0.5) is 0 Å². The molecule has 0 bridgehead atoms. The fraction of sp³-hybridized carbons (Fsp3) is 0.714. The number of hydrogen-bond donors (Lipinski definition) is 2. The van der Waals surface area contributed by atoms with E-state index in [1.54, 1.807) is 6.07 Å². The van der Waals surface area contributed by atoms with Gasteiger partial charge in [-0.15, -0.1) is 11.3 Å². The molecule has 0 amide bonds. The van der Waals surface area contributed by atoms with Gasteiger partial charge in [-0.25, -0.2) is 13.1 Å². The number of sulfonamides is 1. The molecule has 0 unspecified atom stereocenters. The second-order valence-electron chi connectivity index (χ2n) is 5.44. The minimum Gasteiger partial charge on any atom is -0.312 e. The molecular weight excluding hydrogens is 292 g/mol. The summed E-state index contributed by atoms with van der Waals surface area (Å²) in [6.07, 6.45) is 4.74. The average Bonchev–Trinajstić information content (AvgIpc) is 3.15. The number of aryl methyl sites for hydroxylation is 1. The molecule has 1 aliphatic rings. The Hall–Kier alpha value is -0.430. The lowest BCUT2D eigenvalue weighted by Crippen LogP contribution is -2.24. The Labute approximate surface area is 126 Å². The standard InChI is InChI=1S/C14H24N2O2S2/c1-3-15-10-13-11(2)9-14(19-13)20(17,18)16-8-4-5-12-6-7-12/h9,12,15-16H,3-8,10H2,1-2H3. The van der Waals surface area contributed by atoms with Crippen LogP contribution in [0.5, 0.6) is 0 Å². The van der Waals surface area contributed by atoms with E-state index in [1.807, 2.05) is 13.8 Å². The maximum atomic E-state index is 12.2. The topological polar surface area (TPSA) is 58.2 Å². The van der Waals surface area contributed by atoms with E-state index in [0.717, 1.165) is 42.3 Å². The van der Waals surface area contributed by atoms with Gasteiger partial charge in [-0.2, -0.15) is 0 Å². The molecule has 0 spiro atoms. The van der Waals surface area contributed by atoms with Crippen LogP contribution in [0.3, 0.4) is 0 Å². The van der Waals surface area contributed by atoms with Gasteiger partial charge in [0.2, 0.25) is 10.0 Å². The summed E-state index contributed by atoms with van der Waals surface area (Å²) < 4.78 is 27.6. The Kier molecular flexibility index (Phi) is 5.60. The van der Waals surface area contributed by atoms with Gasteiger partial charge >= 0.3 is 0 Å². The Balaban J connectivity index is 1.90. The first-order chi connectivity index (χ1) is 9.53. The summed E-state index contributed by atoms with van der Waals surface area (Å²) >= 11 is 1.37. The van der Waals surface area contributed by atoms with Gasteiger partial charge in [-0.05, 0) is 43.9 Å². The van der Waals surface area contributed by atoms with Gasteiger partial charge in [0.05, 0.1) is 0 Å². The van der Waals surface area contributed by atoms with E-state index in [1.165, 1.54) is 24.2 Å².